The van der Waals surface area contributed by atoms with E-state index in [0.29, 0.717) is 36.0 Å². The average molecular weight is 443 g/mol. The van der Waals surface area contributed by atoms with Crippen molar-refractivity contribution in [2.24, 2.45) is 0 Å². The molecule has 1 heterocycles. The van der Waals surface area contributed by atoms with Crippen LogP contribution in [0, 0.1) is 6.92 Å². The van der Waals surface area contributed by atoms with Gasteiger partial charge in [0.2, 0.25) is 0 Å². The molecule has 1 aliphatic rings. The minimum absolute atomic E-state index is 0.390. The second-order valence-electron chi connectivity index (χ2n) is 7.64. The van der Waals surface area contributed by atoms with Crippen LogP contribution < -0.4 is 14.2 Å². The van der Waals surface area contributed by atoms with Crippen molar-refractivity contribution in [1.29, 1.82) is 0 Å². The summed E-state index contributed by atoms with van der Waals surface area (Å²) in [6, 6.07) is 21.2. The van der Waals surface area contributed by atoms with Crippen molar-refractivity contribution in [2.45, 2.75) is 20.5 Å². The summed E-state index contributed by atoms with van der Waals surface area (Å²) >= 11 is 0. The highest BCUT2D eigenvalue weighted by Crippen LogP contribution is 2.32. The van der Waals surface area contributed by atoms with Crippen LogP contribution in [-0.2, 0) is 16.1 Å². The standard InChI is InChI=1S/C28H26O5/c1-4-31-27-16-20(8-13-25(27)32-18-21-7-5-6-19(2)14-21)15-23-17-26(33-28(23)29)22-9-11-24(30-3)12-10-22/h5-17H,4,18H2,1-3H3/b23-15+. The van der Waals surface area contributed by atoms with E-state index < -0.39 is 5.97 Å². The number of hydrogen-bond acceptors (Lipinski definition) is 5. The van der Waals surface area contributed by atoms with Crippen molar-refractivity contribution < 1.29 is 23.7 Å². The first-order chi connectivity index (χ1) is 16.1. The van der Waals surface area contributed by atoms with Gasteiger partial charge < -0.3 is 18.9 Å². The zero-order valence-electron chi connectivity index (χ0n) is 19.0. The van der Waals surface area contributed by atoms with Crippen molar-refractivity contribution in [3.8, 4) is 17.2 Å². The molecule has 0 amide bonds. The van der Waals surface area contributed by atoms with E-state index in [4.69, 9.17) is 18.9 Å². The third-order valence-corrected chi connectivity index (χ3v) is 5.17. The van der Waals surface area contributed by atoms with Crippen LogP contribution in [0.25, 0.3) is 11.8 Å². The van der Waals surface area contributed by atoms with Crippen LogP contribution in [0.2, 0.25) is 0 Å². The summed E-state index contributed by atoms with van der Waals surface area (Å²) in [5.41, 5.74) is 4.38. The molecule has 3 aromatic carbocycles. The zero-order valence-corrected chi connectivity index (χ0v) is 19.0. The predicted octanol–water partition coefficient (Wildman–Crippen LogP) is 5.96. The lowest BCUT2D eigenvalue weighted by Gasteiger charge is -2.13. The lowest BCUT2D eigenvalue weighted by Crippen LogP contribution is -2.00. The van der Waals surface area contributed by atoms with E-state index in [1.54, 1.807) is 19.3 Å². The van der Waals surface area contributed by atoms with Crippen molar-refractivity contribution in [2.75, 3.05) is 13.7 Å². The normalized spacial score (nSPS) is 14.1. The molecule has 0 N–H and O–H groups in total. The molecular formula is C28H26O5. The molecule has 0 aromatic heterocycles. The highest BCUT2D eigenvalue weighted by atomic mass is 16.5. The molecule has 33 heavy (non-hydrogen) atoms. The largest absolute Gasteiger partial charge is 0.497 e. The SMILES string of the molecule is CCOc1cc(/C=C2\C=C(c3ccc(OC)cc3)OC2=O)ccc1OCc1cccc(C)c1. The van der Waals surface area contributed by atoms with Crippen LogP contribution in [0.5, 0.6) is 17.2 Å². The van der Waals surface area contributed by atoms with Gasteiger partial charge in [0.25, 0.3) is 0 Å². The molecule has 4 rings (SSSR count). The Kier molecular flexibility index (Phi) is 6.79. The Balaban J connectivity index is 1.54. The van der Waals surface area contributed by atoms with E-state index in [0.717, 1.165) is 22.4 Å². The smallest absolute Gasteiger partial charge is 0.343 e. The molecule has 0 unspecified atom stereocenters. The molecule has 0 bridgehead atoms. The highest BCUT2D eigenvalue weighted by molar-refractivity contribution is 6.05. The van der Waals surface area contributed by atoms with E-state index in [1.807, 2.05) is 61.5 Å². The number of esters is 1. The van der Waals surface area contributed by atoms with Crippen LogP contribution in [0.4, 0.5) is 0 Å². The molecule has 0 saturated carbocycles. The Morgan fingerprint density at radius 2 is 1.76 bits per heavy atom. The second-order valence-corrected chi connectivity index (χ2v) is 7.64. The molecule has 0 radical (unpaired) electrons. The number of cyclic esters (lactones) is 1. The maximum Gasteiger partial charge on any atom is 0.343 e. The number of rotatable bonds is 8. The first-order valence-corrected chi connectivity index (χ1v) is 10.8. The van der Waals surface area contributed by atoms with Crippen LogP contribution in [0.3, 0.4) is 0 Å². The molecule has 0 fully saturated rings. The van der Waals surface area contributed by atoms with E-state index in [-0.39, 0.29) is 0 Å². The molecule has 1 aliphatic heterocycles. The van der Waals surface area contributed by atoms with Crippen LogP contribution in [0.15, 0.2) is 78.4 Å². The van der Waals surface area contributed by atoms with Gasteiger partial charge in [-0.05, 0) is 73.5 Å². The summed E-state index contributed by atoms with van der Waals surface area (Å²) in [5, 5.41) is 0. The molecular weight excluding hydrogens is 416 g/mol. The minimum Gasteiger partial charge on any atom is -0.497 e. The van der Waals surface area contributed by atoms with Crippen molar-refractivity contribution in [3.05, 3.63) is 101 Å². The monoisotopic (exact) mass is 442 g/mol. The summed E-state index contributed by atoms with van der Waals surface area (Å²) in [5.74, 6) is 2.15. The fourth-order valence-electron chi connectivity index (χ4n) is 3.53. The topological polar surface area (TPSA) is 54.0 Å². The summed E-state index contributed by atoms with van der Waals surface area (Å²) in [7, 11) is 1.61. The van der Waals surface area contributed by atoms with Crippen molar-refractivity contribution in [3.63, 3.8) is 0 Å². The number of carbonyl (C=O) groups excluding carboxylic acids is 1. The number of carbonyl (C=O) groups is 1. The Morgan fingerprint density at radius 3 is 2.48 bits per heavy atom. The fourth-order valence-corrected chi connectivity index (χ4v) is 3.53. The maximum absolute atomic E-state index is 12.4. The Bertz CT molecular complexity index is 1210. The third-order valence-electron chi connectivity index (χ3n) is 5.17. The van der Waals surface area contributed by atoms with Crippen molar-refractivity contribution >= 4 is 17.8 Å². The van der Waals surface area contributed by atoms with Crippen LogP contribution in [-0.4, -0.2) is 19.7 Å². The van der Waals surface area contributed by atoms with Gasteiger partial charge in [-0.3, -0.25) is 0 Å². The first kappa shape index (κ1) is 22.2. The number of aryl methyl sites for hydroxylation is 1. The van der Waals surface area contributed by atoms with Gasteiger partial charge in [0.1, 0.15) is 18.1 Å². The predicted molar refractivity (Wildman–Crippen MR) is 128 cm³/mol. The molecule has 0 spiro atoms. The lowest BCUT2D eigenvalue weighted by atomic mass is 10.1. The van der Waals surface area contributed by atoms with E-state index in [9.17, 15) is 4.79 Å². The summed E-state index contributed by atoms with van der Waals surface area (Å²) in [6.45, 7) is 4.93. The van der Waals surface area contributed by atoms with Gasteiger partial charge in [-0.15, -0.1) is 0 Å². The van der Waals surface area contributed by atoms with Crippen molar-refractivity contribution in [1.82, 2.24) is 0 Å². The Labute approximate surface area is 193 Å². The number of benzene rings is 3. The first-order valence-electron chi connectivity index (χ1n) is 10.8. The van der Waals surface area contributed by atoms with Gasteiger partial charge in [0.05, 0.1) is 19.3 Å². The number of ether oxygens (including phenoxy) is 4. The molecule has 5 heteroatoms. The van der Waals surface area contributed by atoms with E-state index >= 15 is 0 Å². The fraction of sp³-hybridized carbons (Fsp3) is 0.179. The second kappa shape index (κ2) is 10.1. The molecule has 3 aromatic rings. The molecule has 0 aliphatic carbocycles. The molecule has 0 saturated heterocycles. The summed E-state index contributed by atoms with van der Waals surface area (Å²) in [4.78, 5) is 12.4. The zero-order chi connectivity index (χ0) is 23.2. The van der Waals surface area contributed by atoms with Gasteiger partial charge in [-0.2, -0.15) is 0 Å². The minimum atomic E-state index is -0.390. The van der Waals surface area contributed by atoms with E-state index in [2.05, 4.69) is 19.1 Å². The van der Waals surface area contributed by atoms with Crippen LogP contribution >= 0.6 is 0 Å². The van der Waals surface area contributed by atoms with Gasteiger partial charge >= 0.3 is 5.97 Å². The number of hydrogen-bond donors (Lipinski definition) is 0. The van der Waals surface area contributed by atoms with E-state index in [1.165, 1.54) is 5.56 Å². The summed E-state index contributed by atoms with van der Waals surface area (Å²) in [6.07, 6.45) is 3.53. The number of methoxy groups -OCH3 is 1. The Morgan fingerprint density at radius 1 is 0.939 bits per heavy atom. The van der Waals surface area contributed by atoms with Gasteiger partial charge in [-0.1, -0.05) is 35.9 Å². The quantitative estimate of drug-likeness (QED) is 0.318. The van der Waals surface area contributed by atoms with Gasteiger partial charge in [0, 0.05) is 5.56 Å². The van der Waals surface area contributed by atoms with Gasteiger partial charge in [0.15, 0.2) is 11.5 Å². The molecule has 5 nitrogen and oxygen atoms in total. The molecule has 168 valence electrons. The van der Waals surface area contributed by atoms with Gasteiger partial charge in [-0.25, -0.2) is 4.79 Å². The Hall–Kier alpha value is -3.99. The maximum atomic E-state index is 12.4. The molecule has 0 atom stereocenters. The third kappa shape index (κ3) is 5.44. The van der Waals surface area contributed by atoms with Crippen LogP contribution in [0.1, 0.15) is 29.2 Å². The highest BCUT2D eigenvalue weighted by Gasteiger charge is 2.22. The lowest BCUT2D eigenvalue weighted by molar-refractivity contribution is -0.130. The average Bonchev–Trinajstić information content (AvgIpc) is 3.19. The summed E-state index contributed by atoms with van der Waals surface area (Å²) < 4.78 is 22.4.